The van der Waals surface area contributed by atoms with Crippen LogP contribution in [-0.4, -0.2) is 18.9 Å². The number of hydrogen-bond acceptors (Lipinski definition) is 3. The van der Waals surface area contributed by atoms with Gasteiger partial charge in [0.05, 0.1) is 11.4 Å². The van der Waals surface area contributed by atoms with Crippen LogP contribution in [0.5, 0.6) is 0 Å². The molecule has 2 N–H and O–H groups in total. The average molecular weight is 248 g/mol. The van der Waals surface area contributed by atoms with Gasteiger partial charge in [-0.25, -0.2) is 0 Å². The Morgan fingerprint density at radius 3 is 2.50 bits per heavy atom. The second kappa shape index (κ2) is 4.81. The van der Waals surface area contributed by atoms with E-state index in [1.807, 2.05) is 0 Å². The lowest BCUT2D eigenvalue weighted by atomic mass is 9.80. The molecule has 1 aromatic rings. The summed E-state index contributed by atoms with van der Waals surface area (Å²) in [7, 11) is 0. The van der Waals surface area contributed by atoms with Crippen molar-refractivity contribution in [3.8, 4) is 0 Å². The maximum atomic E-state index is 6.12. The van der Waals surface area contributed by atoms with E-state index >= 15 is 0 Å². The molecule has 18 heavy (non-hydrogen) atoms. The highest BCUT2D eigenvalue weighted by Crippen LogP contribution is 2.41. The molecule has 0 aliphatic carbocycles. The van der Waals surface area contributed by atoms with Crippen molar-refractivity contribution in [2.75, 3.05) is 23.8 Å². The normalized spacial score (nSPS) is 23.6. The molecule has 0 spiro atoms. The van der Waals surface area contributed by atoms with Crippen molar-refractivity contribution in [1.82, 2.24) is 0 Å². The summed E-state index contributed by atoms with van der Waals surface area (Å²) in [4.78, 5) is 0. The SMILES string of the molecule is CCOC1(C(C)(C)C)CCNc2ccccc2N1. The minimum Gasteiger partial charge on any atom is -0.383 e. The number of benzene rings is 1. The maximum absolute atomic E-state index is 6.12. The molecule has 3 nitrogen and oxygen atoms in total. The van der Waals surface area contributed by atoms with Crippen LogP contribution in [0.4, 0.5) is 11.4 Å². The van der Waals surface area contributed by atoms with E-state index in [1.165, 1.54) is 0 Å². The fourth-order valence-electron chi connectivity index (χ4n) is 2.53. The Bertz CT molecular complexity index is 411. The zero-order chi connectivity index (χ0) is 13.2. The molecule has 3 heteroatoms. The fraction of sp³-hybridized carbons (Fsp3) is 0.600. The third kappa shape index (κ3) is 2.32. The highest BCUT2D eigenvalue weighted by atomic mass is 16.5. The van der Waals surface area contributed by atoms with Gasteiger partial charge < -0.3 is 15.4 Å². The minimum atomic E-state index is -0.318. The van der Waals surface area contributed by atoms with Crippen LogP contribution in [0.25, 0.3) is 0 Å². The number of rotatable bonds is 2. The fourth-order valence-corrected chi connectivity index (χ4v) is 2.53. The van der Waals surface area contributed by atoms with Gasteiger partial charge in [-0.3, -0.25) is 0 Å². The number of para-hydroxylation sites is 2. The summed E-state index contributed by atoms with van der Waals surface area (Å²) in [6.45, 7) is 10.4. The van der Waals surface area contributed by atoms with Gasteiger partial charge in [0.25, 0.3) is 0 Å². The van der Waals surface area contributed by atoms with E-state index in [4.69, 9.17) is 4.74 Å². The molecule has 1 unspecified atom stereocenters. The van der Waals surface area contributed by atoms with E-state index in [0.29, 0.717) is 6.61 Å². The molecule has 0 saturated heterocycles. The van der Waals surface area contributed by atoms with E-state index in [0.717, 1.165) is 24.3 Å². The van der Waals surface area contributed by atoms with Crippen LogP contribution in [0.15, 0.2) is 24.3 Å². The summed E-state index contributed by atoms with van der Waals surface area (Å²) < 4.78 is 6.12. The highest BCUT2D eigenvalue weighted by molar-refractivity contribution is 5.70. The summed E-state index contributed by atoms with van der Waals surface area (Å²) in [5.41, 5.74) is 1.99. The molecule has 1 aliphatic heterocycles. The highest BCUT2D eigenvalue weighted by Gasteiger charge is 2.43. The summed E-state index contributed by atoms with van der Waals surface area (Å²) >= 11 is 0. The Kier molecular flexibility index (Phi) is 3.53. The molecule has 0 radical (unpaired) electrons. The Balaban J connectivity index is 2.38. The first-order valence-corrected chi connectivity index (χ1v) is 6.73. The first kappa shape index (κ1) is 13.2. The maximum Gasteiger partial charge on any atom is 0.145 e. The van der Waals surface area contributed by atoms with Crippen molar-refractivity contribution in [3.63, 3.8) is 0 Å². The van der Waals surface area contributed by atoms with Gasteiger partial charge in [0, 0.05) is 25.0 Å². The van der Waals surface area contributed by atoms with Crippen molar-refractivity contribution >= 4 is 11.4 Å². The van der Waals surface area contributed by atoms with E-state index in [9.17, 15) is 0 Å². The molecule has 100 valence electrons. The molecule has 0 saturated carbocycles. The molecule has 1 heterocycles. The van der Waals surface area contributed by atoms with Gasteiger partial charge in [0.1, 0.15) is 5.72 Å². The van der Waals surface area contributed by atoms with Crippen LogP contribution < -0.4 is 10.6 Å². The average Bonchev–Trinajstić information content (AvgIpc) is 2.48. The monoisotopic (exact) mass is 248 g/mol. The second-order valence-corrected chi connectivity index (χ2v) is 5.86. The standard InChI is InChI=1S/C15H24N2O/c1-5-18-15(14(2,3)4)10-11-16-12-8-6-7-9-13(12)17-15/h6-9,16-17H,5,10-11H2,1-4H3. The van der Waals surface area contributed by atoms with Crippen molar-refractivity contribution < 1.29 is 4.74 Å². The number of fused-ring (bicyclic) bond motifs is 1. The summed E-state index contributed by atoms with van der Waals surface area (Å²) in [5.74, 6) is 0. The molecule has 1 atom stereocenters. The predicted molar refractivity (Wildman–Crippen MR) is 77.0 cm³/mol. The molecule has 1 aliphatic rings. The summed E-state index contributed by atoms with van der Waals surface area (Å²) in [5, 5.41) is 7.10. The molecule has 1 aromatic carbocycles. The van der Waals surface area contributed by atoms with Crippen molar-refractivity contribution in [2.45, 2.75) is 39.8 Å². The molecule has 0 aromatic heterocycles. The van der Waals surface area contributed by atoms with Crippen LogP contribution in [0.2, 0.25) is 0 Å². The smallest absolute Gasteiger partial charge is 0.145 e. The van der Waals surface area contributed by atoms with Crippen LogP contribution in [0, 0.1) is 5.41 Å². The van der Waals surface area contributed by atoms with Crippen LogP contribution in [0.1, 0.15) is 34.1 Å². The van der Waals surface area contributed by atoms with Crippen LogP contribution >= 0.6 is 0 Å². The lowest BCUT2D eigenvalue weighted by Crippen LogP contribution is -2.52. The van der Waals surface area contributed by atoms with E-state index in [-0.39, 0.29) is 11.1 Å². The number of hydrogen-bond donors (Lipinski definition) is 2. The van der Waals surface area contributed by atoms with Gasteiger partial charge >= 0.3 is 0 Å². The second-order valence-electron chi connectivity index (χ2n) is 5.86. The van der Waals surface area contributed by atoms with Crippen molar-refractivity contribution in [3.05, 3.63) is 24.3 Å². The zero-order valence-electron chi connectivity index (χ0n) is 11.8. The first-order valence-electron chi connectivity index (χ1n) is 6.73. The van der Waals surface area contributed by atoms with E-state index in [1.54, 1.807) is 0 Å². The number of nitrogens with one attached hydrogen (secondary N) is 2. The third-order valence-corrected chi connectivity index (χ3v) is 3.66. The Morgan fingerprint density at radius 2 is 1.89 bits per heavy atom. The molecule has 2 rings (SSSR count). The lowest BCUT2D eigenvalue weighted by molar-refractivity contribution is -0.0939. The number of anilines is 2. The Morgan fingerprint density at radius 1 is 1.22 bits per heavy atom. The first-order chi connectivity index (χ1) is 8.48. The van der Waals surface area contributed by atoms with Gasteiger partial charge in [-0.15, -0.1) is 0 Å². The third-order valence-electron chi connectivity index (χ3n) is 3.66. The molecular weight excluding hydrogens is 224 g/mol. The zero-order valence-corrected chi connectivity index (χ0v) is 11.8. The Labute approximate surface area is 110 Å². The van der Waals surface area contributed by atoms with Gasteiger partial charge in [0.15, 0.2) is 0 Å². The van der Waals surface area contributed by atoms with Crippen LogP contribution in [-0.2, 0) is 4.74 Å². The molecule has 0 bridgehead atoms. The largest absolute Gasteiger partial charge is 0.383 e. The number of ether oxygens (including phenoxy) is 1. The van der Waals surface area contributed by atoms with Gasteiger partial charge in [0.2, 0.25) is 0 Å². The quantitative estimate of drug-likeness (QED) is 0.837. The van der Waals surface area contributed by atoms with E-state index in [2.05, 4.69) is 62.6 Å². The van der Waals surface area contributed by atoms with Gasteiger partial charge in [-0.05, 0) is 19.1 Å². The van der Waals surface area contributed by atoms with Crippen molar-refractivity contribution in [2.24, 2.45) is 5.41 Å². The molecule has 0 fully saturated rings. The van der Waals surface area contributed by atoms with Crippen molar-refractivity contribution in [1.29, 1.82) is 0 Å². The molecular formula is C15H24N2O. The van der Waals surface area contributed by atoms with Gasteiger partial charge in [-0.1, -0.05) is 32.9 Å². The molecule has 0 amide bonds. The van der Waals surface area contributed by atoms with E-state index < -0.39 is 0 Å². The minimum absolute atomic E-state index is 0.0299. The van der Waals surface area contributed by atoms with Gasteiger partial charge in [-0.2, -0.15) is 0 Å². The van der Waals surface area contributed by atoms with Crippen LogP contribution in [0.3, 0.4) is 0 Å². The Hall–Kier alpha value is -1.22. The lowest BCUT2D eigenvalue weighted by Gasteiger charge is -2.44. The predicted octanol–water partition coefficient (Wildman–Crippen LogP) is 3.69. The summed E-state index contributed by atoms with van der Waals surface area (Å²) in [6, 6.07) is 8.32. The topological polar surface area (TPSA) is 33.3 Å². The summed E-state index contributed by atoms with van der Waals surface area (Å²) in [6.07, 6.45) is 0.943.